The molecule has 190 valence electrons. The number of fused-ring (bicyclic) bond motifs is 1. The number of aromatic amines is 1. The van der Waals surface area contributed by atoms with Gasteiger partial charge in [0.15, 0.2) is 11.6 Å². The van der Waals surface area contributed by atoms with E-state index in [1.165, 1.54) is 13.2 Å². The molecule has 3 aromatic rings. The number of hydrogen-bond acceptors (Lipinski definition) is 6. The number of β-amino-alcohol motifs (C(OH)–C–C–N with tert-alkyl or cyclic N) is 1. The number of carbonyl (C=O) groups is 1. The van der Waals surface area contributed by atoms with Gasteiger partial charge in [-0.3, -0.25) is 9.78 Å². The van der Waals surface area contributed by atoms with Crippen LogP contribution in [0.4, 0.5) is 15.8 Å². The second-order valence-electron chi connectivity index (χ2n) is 9.59. The first-order chi connectivity index (χ1) is 17.5. The van der Waals surface area contributed by atoms with Crippen molar-refractivity contribution in [3.05, 3.63) is 59.3 Å². The van der Waals surface area contributed by atoms with E-state index in [9.17, 15) is 14.3 Å². The van der Waals surface area contributed by atoms with Crippen LogP contribution in [-0.2, 0) is 0 Å². The van der Waals surface area contributed by atoms with Crippen LogP contribution in [0.25, 0.3) is 11.3 Å². The van der Waals surface area contributed by atoms with Gasteiger partial charge in [-0.25, -0.2) is 4.39 Å². The highest BCUT2D eigenvalue weighted by Gasteiger charge is 2.33. The zero-order valence-corrected chi connectivity index (χ0v) is 20.6. The molecular formula is C27H32FN5O3. The van der Waals surface area contributed by atoms with E-state index >= 15 is 0 Å². The zero-order chi connectivity index (χ0) is 25.2. The van der Waals surface area contributed by atoms with Gasteiger partial charge in [0.1, 0.15) is 0 Å². The summed E-state index contributed by atoms with van der Waals surface area (Å²) in [7, 11) is 1.42. The number of amides is 1. The number of nitrogens with one attached hydrogen (secondary N) is 3. The van der Waals surface area contributed by atoms with Gasteiger partial charge < -0.3 is 30.4 Å². The summed E-state index contributed by atoms with van der Waals surface area (Å²) in [5.41, 5.74) is 5.08. The summed E-state index contributed by atoms with van der Waals surface area (Å²) in [6, 6.07) is 6.58. The molecule has 36 heavy (non-hydrogen) atoms. The maximum Gasteiger partial charge on any atom is 0.255 e. The molecular weight excluding hydrogens is 461 g/mol. The highest BCUT2D eigenvalue weighted by atomic mass is 19.1. The van der Waals surface area contributed by atoms with Gasteiger partial charge >= 0.3 is 0 Å². The fraction of sp³-hybridized carbons (Fsp3) is 0.407. The van der Waals surface area contributed by atoms with Crippen molar-refractivity contribution in [2.24, 2.45) is 0 Å². The average Bonchev–Trinajstić information content (AvgIpc) is 3.45. The Morgan fingerprint density at radius 2 is 2.19 bits per heavy atom. The van der Waals surface area contributed by atoms with E-state index in [1.807, 2.05) is 13.0 Å². The largest absolute Gasteiger partial charge is 0.492 e. The first-order valence-electron chi connectivity index (χ1n) is 12.4. The van der Waals surface area contributed by atoms with Crippen LogP contribution in [0.15, 0.2) is 36.7 Å². The Hall–Kier alpha value is -3.43. The molecule has 9 heteroatoms. The molecule has 1 fully saturated rings. The Kier molecular flexibility index (Phi) is 6.93. The second kappa shape index (κ2) is 10.3. The number of likely N-dealkylation sites (tertiary alicyclic amines) is 1. The third-order valence-corrected chi connectivity index (χ3v) is 7.17. The molecule has 1 amide bonds. The Morgan fingerprint density at radius 3 is 2.94 bits per heavy atom. The van der Waals surface area contributed by atoms with Crippen LogP contribution in [0.3, 0.4) is 0 Å². The Morgan fingerprint density at radius 1 is 1.33 bits per heavy atom. The monoisotopic (exact) mass is 493 g/mol. The van der Waals surface area contributed by atoms with E-state index in [4.69, 9.17) is 4.74 Å². The summed E-state index contributed by atoms with van der Waals surface area (Å²) < 4.78 is 19.8. The number of nitrogens with zero attached hydrogens (tertiary/aromatic N) is 2. The number of para-hydroxylation sites is 1. The van der Waals surface area contributed by atoms with Gasteiger partial charge in [-0.15, -0.1) is 0 Å². The molecule has 0 radical (unpaired) electrons. The number of hydrogen-bond donors (Lipinski definition) is 4. The third-order valence-electron chi connectivity index (χ3n) is 7.17. The Labute approximate surface area is 209 Å². The van der Waals surface area contributed by atoms with E-state index in [-0.39, 0.29) is 23.7 Å². The summed E-state index contributed by atoms with van der Waals surface area (Å²) in [5, 5.41) is 16.2. The number of ether oxygens (including phenoxy) is 1. The van der Waals surface area contributed by atoms with Gasteiger partial charge in [0, 0.05) is 49.2 Å². The normalized spacial score (nSPS) is 19.7. The maximum absolute atomic E-state index is 14.5. The number of rotatable bonds is 8. The lowest BCUT2D eigenvalue weighted by Gasteiger charge is -2.25. The molecule has 4 heterocycles. The number of benzene rings is 1. The van der Waals surface area contributed by atoms with Gasteiger partial charge in [0.05, 0.1) is 35.8 Å². The lowest BCUT2D eigenvalue weighted by atomic mass is 9.92. The number of aliphatic hydroxyl groups excluding tert-OH is 1. The van der Waals surface area contributed by atoms with Gasteiger partial charge in [0.25, 0.3) is 5.91 Å². The molecule has 2 aliphatic heterocycles. The van der Waals surface area contributed by atoms with Gasteiger partial charge in [0.2, 0.25) is 0 Å². The average molecular weight is 494 g/mol. The molecule has 0 saturated carbocycles. The summed E-state index contributed by atoms with van der Waals surface area (Å²) in [6.45, 7) is 5.08. The minimum Gasteiger partial charge on any atom is -0.492 e. The van der Waals surface area contributed by atoms with Crippen molar-refractivity contribution in [2.45, 2.75) is 38.2 Å². The lowest BCUT2D eigenvalue weighted by Crippen LogP contribution is -2.35. The predicted molar refractivity (Wildman–Crippen MR) is 136 cm³/mol. The van der Waals surface area contributed by atoms with Crippen LogP contribution in [0.1, 0.15) is 46.8 Å². The number of pyridine rings is 1. The number of anilines is 2. The molecule has 1 saturated heterocycles. The summed E-state index contributed by atoms with van der Waals surface area (Å²) in [5.74, 6) is -0.458. The number of carbonyl (C=O) groups excluding carboxylic acids is 1. The maximum atomic E-state index is 14.5. The summed E-state index contributed by atoms with van der Waals surface area (Å²) in [4.78, 5) is 23.2. The van der Waals surface area contributed by atoms with E-state index in [0.29, 0.717) is 23.5 Å². The summed E-state index contributed by atoms with van der Waals surface area (Å²) in [6.07, 6.45) is 5.94. The zero-order valence-electron chi connectivity index (χ0n) is 20.6. The SMILES string of the molecule is COc1c(F)cccc1Nc1c(-c2ccncc2C)[nH]c2c1C(=O)NCC2CCCN1CCC(O)C1. The molecule has 2 unspecified atom stereocenters. The number of H-pyrrole nitrogens is 1. The molecule has 0 aliphatic carbocycles. The quantitative estimate of drug-likeness (QED) is 0.379. The van der Waals surface area contributed by atoms with Crippen LogP contribution < -0.4 is 15.4 Å². The minimum absolute atomic E-state index is 0.0884. The highest BCUT2D eigenvalue weighted by molar-refractivity contribution is 6.06. The van der Waals surface area contributed by atoms with Gasteiger partial charge in [-0.05, 0) is 56.5 Å². The van der Waals surface area contributed by atoms with Crippen LogP contribution in [0.2, 0.25) is 0 Å². The van der Waals surface area contributed by atoms with Crippen molar-refractivity contribution < 1.29 is 19.0 Å². The fourth-order valence-corrected chi connectivity index (χ4v) is 5.32. The topological polar surface area (TPSA) is 103 Å². The number of methoxy groups -OCH3 is 1. The van der Waals surface area contributed by atoms with Crippen LogP contribution in [0, 0.1) is 12.7 Å². The Bertz CT molecular complexity index is 1260. The van der Waals surface area contributed by atoms with Crippen LogP contribution in [0.5, 0.6) is 5.75 Å². The van der Waals surface area contributed by atoms with Crippen molar-refractivity contribution in [3.8, 4) is 17.0 Å². The van der Waals surface area contributed by atoms with Gasteiger partial charge in [-0.2, -0.15) is 0 Å². The number of aryl methyl sites for hydroxylation is 1. The molecule has 5 rings (SSSR count). The van der Waals surface area contributed by atoms with Crippen molar-refractivity contribution in [1.82, 2.24) is 20.2 Å². The molecule has 1 aromatic carbocycles. The van der Waals surface area contributed by atoms with Crippen LogP contribution >= 0.6 is 0 Å². The van der Waals surface area contributed by atoms with Crippen molar-refractivity contribution in [1.29, 1.82) is 0 Å². The molecule has 2 atom stereocenters. The van der Waals surface area contributed by atoms with Gasteiger partial charge in [-0.1, -0.05) is 6.07 Å². The molecule has 0 bridgehead atoms. The molecule has 4 N–H and O–H groups in total. The summed E-state index contributed by atoms with van der Waals surface area (Å²) >= 11 is 0. The van der Waals surface area contributed by atoms with E-state index < -0.39 is 5.82 Å². The van der Waals surface area contributed by atoms with E-state index in [1.54, 1.807) is 24.5 Å². The Balaban J connectivity index is 1.52. The third kappa shape index (κ3) is 4.68. The van der Waals surface area contributed by atoms with Crippen molar-refractivity contribution in [3.63, 3.8) is 0 Å². The highest BCUT2D eigenvalue weighted by Crippen LogP contribution is 2.43. The molecule has 2 aromatic heterocycles. The van der Waals surface area contributed by atoms with Crippen molar-refractivity contribution >= 4 is 17.3 Å². The number of halogens is 1. The standard InChI is InChI=1S/C27H32FN5O3/c1-16-13-29-10-8-19(16)24-25(31-21-7-3-6-20(28)26(21)36-2)22-23(32-24)17(14-30-27(22)35)5-4-11-33-12-9-18(34)15-33/h3,6-8,10,13,17-18,31-32,34H,4-5,9,11-12,14-15H2,1-2H3,(H,30,35). The fourth-order valence-electron chi connectivity index (χ4n) is 5.32. The number of aliphatic hydroxyl groups is 1. The predicted octanol–water partition coefficient (Wildman–Crippen LogP) is 3.95. The minimum atomic E-state index is -0.483. The smallest absolute Gasteiger partial charge is 0.255 e. The first-order valence-corrected chi connectivity index (χ1v) is 12.4. The lowest BCUT2D eigenvalue weighted by molar-refractivity contribution is 0.0939. The molecule has 8 nitrogen and oxygen atoms in total. The molecule has 0 spiro atoms. The first kappa shape index (κ1) is 24.3. The number of aromatic nitrogens is 2. The van der Waals surface area contributed by atoms with Crippen LogP contribution in [-0.4, -0.2) is 65.3 Å². The van der Waals surface area contributed by atoms with E-state index in [2.05, 4.69) is 25.5 Å². The van der Waals surface area contributed by atoms with E-state index in [0.717, 1.165) is 61.4 Å². The second-order valence-corrected chi connectivity index (χ2v) is 9.59. The van der Waals surface area contributed by atoms with Crippen molar-refractivity contribution in [2.75, 3.05) is 38.6 Å². The molecule has 2 aliphatic rings.